The number of hydrogen-bond acceptors (Lipinski definition) is 5. The summed E-state index contributed by atoms with van der Waals surface area (Å²) in [7, 11) is 0. The minimum absolute atomic E-state index is 0.0273. The van der Waals surface area contributed by atoms with E-state index < -0.39 is 0 Å². The zero-order chi connectivity index (χ0) is 24.9. The van der Waals surface area contributed by atoms with Gasteiger partial charge in [0.15, 0.2) is 0 Å². The number of halogens is 1. The molecule has 1 saturated heterocycles. The Morgan fingerprint density at radius 2 is 2.09 bits per heavy atom. The lowest BCUT2D eigenvalue weighted by Gasteiger charge is -2.26. The lowest BCUT2D eigenvalue weighted by Crippen LogP contribution is -2.38. The van der Waals surface area contributed by atoms with Crippen LogP contribution in [0.1, 0.15) is 40.0 Å². The number of rotatable bonds is 7. The molecule has 1 aromatic heterocycles. The normalized spacial score (nSPS) is 16.5. The highest BCUT2D eigenvalue weighted by Gasteiger charge is 2.20. The fourth-order valence-corrected chi connectivity index (χ4v) is 4.88. The predicted molar refractivity (Wildman–Crippen MR) is 143 cm³/mol. The molecule has 0 radical (unpaired) electrons. The van der Waals surface area contributed by atoms with E-state index in [4.69, 9.17) is 16.6 Å². The molecule has 2 N–H and O–H groups in total. The van der Waals surface area contributed by atoms with Crippen LogP contribution in [-0.4, -0.2) is 47.2 Å². The Morgan fingerprint density at radius 1 is 1.26 bits per heavy atom. The van der Waals surface area contributed by atoms with Crippen molar-refractivity contribution in [1.82, 2.24) is 20.2 Å². The van der Waals surface area contributed by atoms with Gasteiger partial charge in [-0.05, 0) is 63.6 Å². The largest absolute Gasteiger partial charge is 0.370 e. The number of anilines is 1. The number of nitrogens with zero attached hydrogens (tertiary/aromatic N) is 3. The number of benzene rings is 2. The molecular formula is C27H34ClN5O2. The minimum Gasteiger partial charge on any atom is -0.370 e. The van der Waals surface area contributed by atoms with Gasteiger partial charge in [0.2, 0.25) is 5.91 Å². The van der Waals surface area contributed by atoms with Gasteiger partial charge in [0.1, 0.15) is 12.4 Å². The molecule has 1 amide bonds. The lowest BCUT2D eigenvalue weighted by molar-refractivity contribution is -0.122. The molecule has 7 nitrogen and oxygen atoms in total. The SMILES string of the molecule is CCC[C@H]1CN(c2ccc3nc(-c4cccc(Cl)c4)n(CC(=O)NC(C)C)c(=O)c3c2)CCCN1. The maximum absolute atomic E-state index is 13.8. The first-order valence-corrected chi connectivity index (χ1v) is 12.8. The Morgan fingerprint density at radius 3 is 2.83 bits per heavy atom. The van der Waals surface area contributed by atoms with E-state index in [0.29, 0.717) is 33.4 Å². The lowest BCUT2D eigenvalue weighted by atomic mass is 10.1. The highest BCUT2D eigenvalue weighted by atomic mass is 35.5. The van der Waals surface area contributed by atoms with Crippen molar-refractivity contribution < 1.29 is 4.79 Å². The van der Waals surface area contributed by atoms with Gasteiger partial charge in [-0.2, -0.15) is 0 Å². The van der Waals surface area contributed by atoms with Gasteiger partial charge in [0.25, 0.3) is 5.56 Å². The molecule has 1 aliphatic heterocycles. The van der Waals surface area contributed by atoms with Gasteiger partial charge in [-0.15, -0.1) is 0 Å². The van der Waals surface area contributed by atoms with E-state index in [0.717, 1.165) is 44.6 Å². The zero-order valence-corrected chi connectivity index (χ0v) is 21.4. The number of carbonyl (C=O) groups excluding carboxylic acids is 1. The first-order chi connectivity index (χ1) is 16.9. The molecule has 186 valence electrons. The van der Waals surface area contributed by atoms with Gasteiger partial charge < -0.3 is 15.5 Å². The summed E-state index contributed by atoms with van der Waals surface area (Å²) in [5.41, 5.74) is 2.07. The second kappa shape index (κ2) is 11.2. The maximum Gasteiger partial charge on any atom is 0.262 e. The van der Waals surface area contributed by atoms with Gasteiger partial charge in [-0.3, -0.25) is 14.2 Å². The van der Waals surface area contributed by atoms with Crippen molar-refractivity contribution in [3.8, 4) is 11.4 Å². The van der Waals surface area contributed by atoms with E-state index in [9.17, 15) is 9.59 Å². The summed E-state index contributed by atoms with van der Waals surface area (Å²) >= 11 is 6.23. The van der Waals surface area contributed by atoms with Gasteiger partial charge in [-0.25, -0.2) is 4.98 Å². The predicted octanol–water partition coefficient (Wildman–Crippen LogP) is 4.21. The van der Waals surface area contributed by atoms with Crippen LogP contribution in [0.3, 0.4) is 0 Å². The molecule has 1 atom stereocenters. The topological polar surface area (TPSA) is 79.3 Å². The molecule has 0 bridgehead atoms. The van der Waals surface area contributed by atoms with Crippen LogP contribution in [-0.2, 0) is 11.3 Å². The van der Waals surface area contributed by atoms with Gasteiger partial charge >= 0.3 is 0 Å². The molecule has 0 aliphatic carbocycles. The summed E-state index contributed by atoms with van der Waals surface area (Å²) < 4.78 is 1.46. The Kier molecular flexibility index (Phi) is 8.08. The van der Waals surface area contributed by atoms with Crippen molar-refractivity contribution in [1.29, 1.82) is 0 Å². The third-order valence-electron chi connectivity index (χ3n) is 6.25. The Labute approximate surface area is 211 Å². The van der Waals surface area contributed by atoms with E-state index in [1.165, 1.54) is 4.57 Å². The number of hydrogen-bond donors (Lipinski definition) is 2. The fraction of sp³-hybridized carbons (Fsp3) is 0.444. The third-order valence-corrected chi connectivity index (χ3v) is 6.49. The molecule has 1 aliphatic rings. The summed E-state index contributed by atoms with van der Waals surface area (Å²) in [4.78, 5) is 33.6. The third kappa shape index (κ3) is 6.03. The summed E-state index contributed by atoms with van der Waals surface area (Å²) in [5.74, 6) is 0.197. The minimum atomic E-state index is -0.233. The molecule has 2 heterocycles. The van der Waals surface area contributed by atoms with Gasteiger partial charge in [0, 0.05) is 41.4 Å². The van der Waals surface area contributed by atoms with E-state index >= 15 is 0 Å². The highest BCUT2D eigenvalue weighted by molar-refractivity contribution is 6.30. The summed E-state index contributed by atoms with van der Waals surface area (Å²) in [5, 5.41) is 7.56. The van der Waals surface area contributed by atoms with Gasteiger partial charge in [-0.1, -0.05) is 37.1 Å². The number of aromatic nitrogens is 2. The number of nitrogens with one attached hydrogen (secondary N) is 2. The Bertz CT molecular complexity index is 1260. The van der Waals surface area contributed by atoms with Crippen LogP contribution in [0.5, 0.6) is 0 Å². The monoisotopic (exact) mass is 495 g/mol. The van der Waals surface area contributed by atoms with Crippen molar-refractivity contribution in [3.05, 3.63) is 57.8 Å². The van der Waals surface area contributed by atoms with Crippen LogP contribution >= 0.6 is 11.6 Å². The fourth-order valence-electron chi connectivity index (χ4n) is 4.69. The molecule has 35 heavy (non-hydrogen) atoms. The van der Waals surface area contributed by atoms with Crippen molar-refractivity contribution in [2.75, 3.05) is 24.5 Å². The van der Waals surface area contributed by atoms with Crippen LogP contribution in [0, 0.1) is 0 Å². The number of amides is 1. The molecule has 8 heteroatoms. The second-order valence-electron chi connectivity index (χ2n) is 9.50. The van der Waals surface area contributed by atoms with Crippen LogP contribution in [0.2, 0.25) is 5.02 Å². The number of fused-ring (bicyclic) bond motifs is 1. The van der Waals surface area contributed by atoms with Crippen LogP contribution in [0.4, 0.5) is 5.69 Å². The van der Waals surface area contributed by atoms with E-state index in [2.05, 4.69) is 22.5 Å². The summed E-state index contributed by atoms with van der Waals surface area (Å²) in [6, 6.07) is 13.5. The first kappa shape index (κ1) is 25.2. The smallest absolute Gasteiger partial charge is 0.262 e. The molecule has 0 unspecified atom stereocenters. The average molecular weight is 496 g/mol. The molecule has 0 saturated carbocycles. The van der Waals surface area contributed by atoms with Crippen molar-refractivity contribution in [2.24, 2.45) is 0 Å². The Hall–Kier alpha value is -2.90. The summed E-state index contributed by atoms with van der Waals surface area (Å²) in [6.45, 7) is 8.70. The van der Waals surface area contributed by atoms with Crippen LogP contribution in [0.15, 0.2) is 47.3 Å². The quantitative estimate of drug-likeness (QED) is 0.513. The first-order valence-electron chi connectivity index (χ1n) is 12.4. The number of carbonyl (C=O) groups is 1. The average Bonchev–Trinajstić information content (AvgIpc) is 3.06. The Balaban J connectivity index is 1.80. The van der Waals surface area contributed by atoms with E-state index in [-0.39, 0.29) is 24.1 Å². The van der Waals surface area contributed by atoms with E-state index in [1.807, 2.05) is 44.2 Å². The molecule has 4 rings (SSSR count). The highest BCUT2D eigenvalue weighted by Crippen LogP contribution is 2.25. The standard InChI is InChI=1S/C27H34ClN5O2/c1-4-7-21-16-32(13-6-12-29-21)22-10-11-24-23(15-22)27(35)33(17-25(34)30-18(2)3)26(31-24)19-8-5-9-20(28)14-19/h5,8-11,14-15,18,21,29H,4,6-7,12-13,16-17H2,1-3H3,(H,30,34)/t21-/m0/s1. The maximum atomic E-state index is 13.8. The van der Waals surface area contributed by atoms with E-state index in [1.54, 1.807) is 12.1 Å². The second-order valence-corrected chi connectivity index (χ2v) is 9.94. The molecule has 2 aromatic carbocycles. The van der Waals surface area contributed by atoms with Crippen molar-refractivity contribution >= 4 is 34.1 Å². The van der Waals surface area contributed by atoms with Crippen molar-refractivity contribution in [2.45, 2.75) is 58.7 Å². The van der Waals surface area contributed by atoms with Gasteiger partial charge in [0.05, 0.1) is 10.9 Å². The molecule has 0 spiro atoms. The summed E-state index contributed by atoms with van der Waals surface area (Å²) in [6.07, 6.45) is 3.29. The molecular weight excluding hydrogens is 462 g/mol. The van der Waals surface area contributed by atoms with Crippen LogP contribution in [0.25, 0.3) is 22.3 Å². The van der Waals surface area contributed by atoms with Crippen LogP contribution < -0.4 is 21.1 Å². The van der Waals surface area contributed by atoms with Crippen molar-refractivity contribution in [3.63, 3.8) is 0 Å². The molecule has 1 fully saturated rings. The molecule has 3 aromatic rings. The zero-order valence-electron chi connectivity index (χ0n) is 20.7.